The Morgan fingerprint density at radius 2 is 1.00 bits per heavy atom. The first-order valence-electron chi connectivity index (χ1n) is 6.09. The second-order valence-corrected chi connectivity index (χ2v) is 4.87. The summed E-state index contributed by atoms with van der Waals surface area (Å²) in [4.78, 5) is 0. The van der Waals surface area contributed by atoms with Crippen molar-refractivity contribution in [2.45, 2.75) is 6.42 Å². The SMILES string of the molecule is OB(O)c1c(F)c(F)c(F)c2c1Cc1c(F)c(F)c(F)c(F)c1-2. The van der Waals surface area contributed by atoms with E-state index in [1.165, 1.54) is 0 Å². The lowest BCUT2D eigenvalue weighted by atomic mass is 9.75. The zero-order chi connectivity index (χ0) is 17.2. The molecule has 0 fully saturated rings. The van der Waals surface area contributed by atoms with Gasteiger partial charge in [-0.05, 0) is 5.56 Å². The first kappa shape index (κ1) is 15.8. The molecule has 1 aliphatic rings. The van der Waals surface area contributed by atoms with Crippen LogP contribution in [0.3, 0.4) is 0 Å². The number of rotatable bonds is 1. The quantitative estimate of drug-likeness (QED) is 0.309. The highest BCUT2D eigenvalue weighted by molar-refractivity contribution is 6.59. The molecule has 0 spiro atoms. The Balaban J connectivity index is 2.49. The maximum atomic E-state index is 13.9. The summed E-state index contributed by atoms with van der Waals surface area (Å²) in [7, 11) is -2.63. The topological polar surface area (TPSA) is 40.5 Å². The zero-order valence-electron chi connectivity index (χ0n) is 10.8. The summed E-state index contributed by atoms with van der Waals surface area (Å²) in [6.45, 7) is 0. The standard InChI is InChI=1S/C13H4BF7O2/c15-7-3-1-2-4(5(3)9(17)13(21)11(7)19)8(16)12(20)10(18)6(2)14(22)23/h22-23H,1H2. The van der Waals surface area contributed by atoms with Crippen molar-refractivity contribution in [2.24, 2.45) is 0 Å². The predicted octanol–water partition coefficient (Wildman–Crippen LogP) is 1.91. The van der Waals surface area contributed by atoms with Gasteiger partial charge in [0.15, 0.2) is 40.7 Å². The molecule has 1 aliphatic carbocycles. The van der Waals surface area contributed by atoms with Gasteiger partial charge < -0.3 is 10.0 Å². The predicted molar refractivity (Wildman–Crippen MR) is 64.2 cm³/mol. The van der Waals surface area contributed by atoms with Crippen LogP contribution in [0.5, 0.6) is 0 Å². The van der Waals surface area contributed by atoms with Crippen LogP contribution in [0.1, 0.15) is 11.1 Å². The first-order valence-corrected chi connectivity index (χ1v) is 6.09. The van der Waals surface area contributed by atoms with Gasteiger partial charge >= 0.3 is 7.12 Å². The molecular formula is C13H4BF7O2. The van der Waals surface area contributed by atoms with Crippen LogP contribution >= 0.6 is 0 Å². The van der Waals surface area contributed by atoms with Gasteiger partial charge in [0, 0.05) is 28.6 Å². The number of hydrogen-bond acceptors (Lipinski definition) is 2. The molecule has 0 saturated heterocycles. The van der Waals surface area contributed by atoms with E-state index in [1.54, 1.807) is 0 Å². The monoisotopic (exact) mass is 336 g/mol. The van der Waals surface area contributed by atoms with E-state index >= 15 is 0 Å². The highest BCUT2D eigenvalue weighted by Crippen LogP contribution is 2.43. The van der Waals surface area contributed by atoms with Gasteiger partial charge in [0.2, 0.25) is 0 Å². The van der Waals surface area contributed by atoms with Crippen LogP contribution < -0.4 is 5.46 Å². The highest BCUT2D eigenvalue weighted by atomic mass is 19.2. The van der Waals surface area contributed by atoms with Crippen LogP contribution in [-0.2, 0) is 6.42 Å². The van der Waals surface area contributed by atoms with Gasteiger partial charge in [-0.1, -0.05) is 0 Å². The molecule has 2 nitrogen and oxygen atoms in total. The lowest BCUT2D eigenvalue weighted by Gasteiger charge is -2.12. The minimum atomic E-state index is -2.63. The average molecular weight is 336 g/mol. The van der Waals surface area contributed by atoms with E-state index in [0.717, 1.165) is 0 Å². The summed E-state index contributed by atoms with van der Waals surface area (Å²) in [5, 5.41) is 18.2. The van der Waals surface area contributed by atoms with Gasteiger partial charge in [0.1, 0.15) is 0 Å². The normalized spacial score (nSPS) is 12.4. The van der Waals surface area contributed by atoms with Gasteiger partial charge in [0.25, 0.3) is 0 Å². The van der Waals surface area contributed by atoms with Gasteiger partial charge in [-0.2, -0.15) is 0 Å². The molecule has 2 aromatic rings. The van der Waals surface area contributed by atoms with E-state index in [-0.39, 0.29) is 0 Å². The lowest BCUT2D eigenvalue weighted by molar-refractivity contribution is 0.407. The van der Waals surface area contributed by atoms with Crippen LogP contribution in [0.15, 0.2) is 0 Å². The summed E-state index contributed by atoms with van der Waals surface area (Å²) < 4.78 is 95.4. The molecule has 0 aromatic heterocycles. The Labute approximate surface area is 123 Å². The molecule has 0 unspecified atom stereocenters. The second kappa shape index (κ2) is 4.97. The van der Waals surface area contributed by atoms with Crippen molar-refractivity contribution in [3.63, 3.8) is 0 Å². The minimum Gasteiger partial charge on any atom is -0.423 e. The molecular weight excluding hydrogens is 332 g/mol. The van der Waals surface area contributed by atoms with Crippen LogP contribution in [-0.4, -0.2) is 17.2 Å². The molecule has 120 valence electrons. The van der Waals surface area contributed by atoms with E-state index < -0.39 is 82.0 Å². The summed E-state index contributed by atoms with van der Waals surface area (Å²) in [6.07, 6.45) is -0.869. The minimum absolute atomic E-state index is 0.700. The molecule has 0 heterocycles. The summed E-state index contributed by atoms with van der Waals surface area (Å²) in [5.74, 6) is -14.4. The molecule has 0 atom stereocenters. The van der Waals surface area contributed by atoms with Crippen molar-refractivity contribution in [1.82, 2.24) is 0 Å². The number of fused-ring (bicyclic) bond motifs is 3. The van der Waals surface area contributed by atoms with E-state index in [2.05, 4.69) is 0 Å². The van der Waals surface area contributed by atoms with Gasteiger partial charge in [-0.15, -0.1) is 0 Å². The van der Waals surface area contributed by atoms with E-state index in [4.69, 9.17) is 10.0 Å². The molecule has 23 heavy (non-hydrogen) atoms. The molecule has 3 rings (SSSR count). The van der Waals surface area contributed by atoms with Gasteiger partial charge in [-0.3, -0.25) is 0 Å². The molecule has 0 amide bonds. The molecule has 2 N–H and O–H groups in total. The average Bonchev–Trinajstić information content (AvgIpc) is 2.88. The Morgan fingerprint density at radius 1 is 0.565 bits per heavy atom. The third kappa shape index (κ3) is 1.91. The smallest absolute Gasteiger partial charge is 0.423 e. The third-order valence-corrected chi connectivity index (χ3v) is 3.69. The third-order valence-electron chi connectivity index (χ3n) is 3.69. The van der Waals surface area contributed by atoms with Crippen LogP contribution in [0.4, 0.5) is 30.7 Å². The fourth-order valence-corrected chi connectivity index (χ4v) is 2.72. The molecule has 0 saturated carbocycles. The number of hydrogen-bond donors (Lipinski definition) is 2. The molecule has 0 bridgehead atoms. The van der Waals surface area contributed by atoms with Gasteiger partial charge in [-0.25, -0.2) is 30.7 Å². The van der Waals surface area contributed by atoms with E-state index in [1.807, 2.05) is 0 Å². The molecule has 2 aromatic carbocycles. The summed E-state index contributed by atoms with van der Waals surface area (Å²) >= 11 is 0. The second-order valence-electron chi connectivity index (χ2n) is 4.87. The van der Waals surface area contributed by atoms with Crippen molar-refractivity contribution in [1.29, 1.82) is 0 Å². The largest absolute Gasteiger partial charge is 0.491 e. The Bertz CT molecular complexity index is 867. The first-order chi connectivity index (χ1) is 10.7. The summed E-state index contributed by atoms with van der Waals surface area (Å²) in [5.41, 5.74) is -4.92. The number of benzene rings is 2. The van der Waals surface area contributed by atoms with Crippen molar-refractivity contribution in [3.8, 4) is 11.1 Å². The maximum Gasteiger partial charge on any atom is 0.491 e. The van der Waals surface area contributed by atoms with Gasteiger partial charge in [0.05, 0.1) is 0 Å². The Morgan fingerprint density at radius 3 is 1.52 bits per heavy atom. The van der Waals surface area contributed by atoms with E-state index in [0.29, 0.717) is 0 Å². The maximum absolute atomic E-state index is 13.9. The van der Waals surface area contributed by atoms with Crippen molar-refractivity contribution in [3.05, 3.63) is 51.8 Å². The lowest BCUT2D eigenvalue weighted by Crippen LogP contribution is -2.37. The van der Waals surface area contributed by atoms with E-state index in [9.17, 15) is 30.7 Å². The fourth-order valence-electron chi connectivity index (χ4n) is 2.72. The summed E-state index contributed by atoms with van der Waals surface area (Å²) in [6, 6.07) is 0. The van der Waals surface area contributed by atoms with Crippen molar-refractivity contribution >= 4 is 12.6 Å². The Hall–Kier alpha value is -2.07. The molecule has 0 aliphatic heterocycles. The van der Waals surface area contributed by atoms with Crippen LogP contribution in [0.25, 0.3) is 11.1 Å². The zero-order valence-corrected chi connectivity index (χ0v) is 10.8. The molecule has 10 heteroatoms. The highest BCUT2D eigenvalue weighted by Gasteiger charge is 2.40. The molecule has 0 radical (unpaired) electrons. The van der Waals surface area contributed by atoms with Crippen molar-refractivity contribution in [2.75, 3.05) is 0 Å². The van der Waals surface area contributed by atoms with Crippen LogP contribution in [0.2, 0.25) is 0 Å². The Kier molecular flexibility index (Phi) is 3.42. The fraction of sp³-hybridized carbons (Fsp3) is 0.0769. The number of halogens is 7. The van der Waals surface area contributed by atoms with Crippen molar-refractivity contribution < 1.29 is 40.8 Å². The van der Waals surface area contributed by atoms with Crippen LogP contribution in [0, 0.1) is 40.7 Å².